The number of non-ortho nitro benzene ring substituents is 1. The Morgan fingerprint density at radius 2 is 2.08 bits per heavy atom. The fourth-order valence-electron chi connectivity index (χ4n) is 2.48. The molecule has 2 aromatic carbocycles. The molecule has 0 bridgehead atoms. The van der Waals surface area contributed by atoms with E-state index < -0.39 is 4.92 Å². The van der Waals surface area contributed by atoms with Crippen molar-refractivity contribution < 1.29 is 14.8 Å². The zero-order valence-corrected chi connectivity index (χ0v) is 15.0. The van der Waals surface area contributed by atoms with Crippen molar-refractivity contribution in [2.45, 2.75) is 5.88 Å². The molecular weight excluding hydrogens is 447 g/mol. The van der Waals surface area contributed by atoms with Gasteiger partial charge in [-0.05, 0) is 46.9 Å². The van der Waals surface area contributed by atoms with Gasteiger partial charge in [0.25, 0.3) is 11.6 Å². The van der Waals surface area contributed by atoms with Gasteiger partial charge >= 0.3 is 0 Å². The summed E-state index contributed by atoms with van der Waals surface area (Å²) >= 11 is 7.88. The summed E-state index contributed by atoms with van der Waals surface area (Å²) in [6.07, 6.45) is 1.44. The van der Waals surface area contributed by atoms with Gasteiger partial charge in [0.1, 0.15) is 5.75 Å². The number of aromatic hydroxyl groups is 1. The Balaban J connectivity index is 2.19. The Labute approximate surface area is 155 Å². The van der Waals surface area contributed by atoms with E-state index in [9.17, 15) is 20.0 Å². The summed E-state index contributed by atoms with van der Waals surface area (Å²) in [6, 6.07) is 7.91. The zero-order valence-electron chi connectivity index (χ0n) is 12.0. The minimum atomic E-state index is -0.566. The van der Waals surface area contributed by atoms with Crippen molar-refractivity contribution in [3.8, 4) is 5.75 Å². The molecule has 0 radical (unpaired) electrons. The van der Waals surface area contributed by atoms with E-state index in [1.807, 2.05) is 12.1 Å². The van der Waals surface area contributed by atoms with Crippen molar-refractivity contribution in [2.24, 2.45) is 0 Å². The number of phenolic OH excluding ortho intramolecular Hbond substituents is 1. The van der Waals surface area contributed by atoms with Gasteiger partial charge in [-0.3, -0.25) is 14.9 Å². The highest BCUT2D eigenvalue weighted by atomic mass is 127. The number of amides is 1. The summed E-state index contributed by atoms with van der Waals surface area (Å²) in [6.45, 7) is 0. The SMILES string of the molecule is O=C1Nc2ccc(I)cc2C1=Cc1cc([N+](=O)[O-])cc(CCl)c1O. The molecule has 8 heteroatoms. The molecule has 24 heavy (non-hydrogen) atoms. The average molecular weight is 457 g/mol. The van der Waals surface area contributed by atoms with Gasteiger partial charge < -0.3 is 10.4 Å². The molecule has 1 amide bonds. The molecule has 3 rings (SSSR count). The van der Waals surface area contributed by atoms with E-state index in [1.165, 1.54) is 18.2 Å². The predicted octanol–water partition coefficient (Wildman–Crippen LogP) is 4.14. The van der Waals surface area contributed by atoms with Crippen molar-refractivity contribution in [1.82, 2.24) is 0 Å². The lowest BCUT2D eigenvalue weighted by atomic mass is 10.0. The predicted molar refractivity (Wildman–Crippen MR) is 100.0 cm³/mol. The first kappa shape index (κ1) is 16.7. The number of nitrogens with one attached hydrogen (secondary N) is 1. The van der Waals surface area contributed by atoms with Gasteiger partial charge in [0, 0.05) is 43.7 Å². The van der Waals surface area contributed by atoms with Crippen LogP contribution in [-0.2, 0) is 10.7 Å². The van der Waals surface area contributed by atoms with Crippen LogP contribution in [0.3, 0.4) is 0 Å². The van der Waals surface area contributed by atoms with Crippen LogP contribution in [-0.4, -0.2) is 15.9 Å². The number of hydrogen-bond acceptors (Lipinski definition) is 4. The molecule has 2 N–H and O–H groups in total. The van der Waals surface area contributed by atoms with Gasteiger partial charge in [0.05, 0.1) is 10.8 Å². The number of carbonyl (C=O) groups excluding carboxylic acids is 1. The molecule has 122 valence electrons. The van der Waals surface area contributed by atoms with Crippen molar-refractivity contribution in [1.29, 1.82) is 0 Å². The van der Waals surface area contributed by atoms with Crippen molar-refractivity contribution in [3.05, 3.63) is 60.7 Å². The summed E-state index contributed by atoms with van der Waals surface area (Å²) < 4.78 is 0.943. The molecule has 0 saturated heterocycles. The zero-order chi connectivity index (χ0) is 17.4. The molecule has 0 atom stereocenters. The van der Waals surface area contributed by atoms with Crippen molar-refractivity contribution in [2.75, 3.05) is 5.32 Å². The second-order valence-corrected chi connectivity index (χ2v) is 6.65. The fraction of sp³-hybridized carbons (Fsp3) is 0.0625. The number of nitro groups is 1. The molecule has 0 spiro atoms. The summed E-state index contributed by atoms with van der Waals surface area (Å²) in [4.78, 5) is 22.7. The third kappa shape index (κ3) is 2.96. The van der Waals surface area contributed by atoms with E-state index in [2.05, 4.69) is 27.9 Å². The molecule has 2 aromatic rings. The number of anilines is 1. The van der Waals surface area contributed by atoms with Crippen LogP contribution in [0.4, 0.5) is 11.4 Å². The number of carbonyl (C=O) groups is 1. The van der Waals surface area contributed by atoms with E-state index in [-0.39, 0.29) is 34.4 Å². The van der Waals surface area contributed by atoms with Gasteiger partial charge in [-0.1, -0.05) is 0 Å². The molecule has 0 aromatic heterocycles. The Morgan fingerprint density at radius 1 is 1.33 bits per heavy atom. The van der Waals surface area contributed by atoms with Crippen LogP contribution in [0.15, 0.2) is 30.3 Å². The largest absolute Gasteiger partial charge is 0.507 e. The summed E-state index contributed by atoms with van der Waals surface area (Å²) in [7, 11) is 0. The maximum Gasteiger partial charge on any atom is 0.270 e. The number of alkyl halides is 1. The molecule has 1 aliphatic rings. The highest BCUT2D eigenvalue weighted by molar-refractivity contribution is 14.1. The number of fused-ring (bicyclic) bond motifs is 1. The monoisotopic (exact) mass is 456 g/mol. The third-order valence-electron chi connectivity index (χ3n) is 3.62. The number of halogens is 2. The highest BCUT2D eigenvalue weighted by Crippen LogP contribution is 2.37. The minimum Gasteiger partial charge on any atom is -0.507 e. The van der Waals surface area contributed by atoms with Crippen LogP contribution in [0, 0.1) is 13.7 Å². The molecule has 6 nitrogen and oxygen atoms in total. The molecule has 0 fully saturated rings. The molecule has 1 aliphatic heterocycles. The number of phenols is 1. The molecule has 0 aliphatic carbocycles. The number of hydrogen-bond donors (Lipinski definition) is 2. The lowest BCUT2D eigenvalue weighted by molar-refractivity contribution is -0.384. The molecule has 0 saturated carbocycles. The standard InChI is InChI=1S/C16H10ClIN2O4/c17-7-9-4-11(20(23)24)3-8(15(9)21)5-13-12-6-10(18)1-2-14(12)19-16(13)22/h1-6,21H,7H2,(H,19,22). The van der Waals surface area contributed by atoms with Crippen molar-refractivity contribution >= 4 is 63.1 Å². The normalized spacial score (nSPS) is 14.6. The van der Waals surface area contributed by atoms with Crippen LogP contribution in [0.5, 0.6) is 5.75 Å². The summed E-state index contributed by atoms with van der Waals surface area (Å²) in [5.74, 6) is -0.579. The second-order valence-electron chi connectivity index (χ2n) is 5.14. The van der Waals surface area contributed by atoms with E-state index in [0.29, 0.717) is 16.8 Å². The van der Waals surface area contributed by atoms with E-state index in [0.717, 1.165) is 3.57 Å². The maximum absolute atomic E-state index is 12.2. The quantitative estimate of drug-likeness (QED) is 0.239. The van der Waals surface area contributed by atoms with Crippen LogP contribution in [0.25, 0.3) is 11.6 Å². The average Bonchev–Trinajstić information content (AvgIpc) is 2.84. The van der Waals surface area contributed by atoms with Gasteiger partial charge in [-0.25, -0.2) is 0 Å². The molecule has 0 unspecified atom stereocenters. The van der Waals surface area contributed by atoms with E-state index in [4.69, 9.17) is 11.6 Å². The van der Waals surface area contributed by atoms with Gasteiger partial charge in [-0.2, -0.15) is 0 Å². The number of rotatable bonds is 3. The molecule has 1 heterocycles. The number of nitrogens with zero attached hydrogens (tertiary/aromatic N) is 1. The minimum absolute atomic E-state index is 0.0790. The second kappa shape index (κ2) is 6.40. The lowest BCUT2D eigenvalue weighted by Gasteiger charge is -2.06. The van der Waals surface area contributed by atoms with E-state index in [1.54, 1.807) is 6.07 Å². The smallest absolute Gasteiger partial charge is 0.270 e. The van der Waals surface area contributed by atoms with Gasteiger partial charge in [0.15, 0.2) is 0 Å². The molecular formula is C16H10ClIN2O4. The first-order valence-electron chi connectivity index (χ1n) is 6.80. The number of nitro benzene ring substituents is 1. The van der Waals surface area contributed by atoms with Crippen LogP contribution < -0.4 is 5.32 Å². The Bertz CT molecular complexity index is 911. The number of benzene rings is 2. The Morgan fingerprint density at radius 3 is 2.75 bits per heavy atom. The van der Waals surface area contributed by atoms with Gasteiger partial charge in [0.2, 0.25) is 0 Å². The summed E-state index contributed by atoms with van der Waals surface area (Å²) in [5, 5.41) is 24.0. The maximum atomic E-state index is 12.2. The van der Waals surface area contributed by atoms with Gasteiger partial charge in [-0.15, -0.1) is 11.6 Å². The third-order valence-corrected chi connectivity index (χ3v) is 4.58. The first-order valence-corrected chi connectivity index (χ1v) is 8.41. The first-order chi connectivity index (χ1) is 11.4. The highest BCUT2D eigenvalue weighted by Gasteiger charge is 2.25. The Kier molecular flexibility index (Phi) is 4.46. The van der Waals surface area contributed by atoms with E-state index >= 15 is 0 Å². The fourth-order valence-corrected chi connectivity index (χ4v) is 3.17. The Hall–Kier alpha value is -2.13. The van der Waals surface area contributed by atoms with Crippen molar-refractivity contribution in [3.63, 3.8) is 0 Å². The van der Waals surface area contributed by atoms with Crippen LogP contribution >= 0.6 is 34.2 Å². The van der Waals surface area contributed by atoms with Crippen LogP contribution in [0.2, 0.25) is 0 Å². The summed E-state index contributed by atoms with van der Waals surface area (Å²) in [5.41, 5.74) is 1.89. The topological polar surface area (TPSA) is 92.5 Å². The van der Waals surface area contributed by atoms with Crippen LogP contribution in [0.1, 0.15) is 16.7 Å². The lowest BCUT2D eigenvalue weighted by Crippen LogP contribution is -2.03.